The van der Waals surface area contributed by atoms with Gasteiger partial charge in [-0.1, -0.05) is 0 Å². The van der Waals surface area contributed by atoms with Crippen molar-refractivity contribution in [2.24, 2.45) is 0 Å². The third-order valence-electron chi connectivity index (χ3n) is 3.13. The summed E-state index contributed by atoms with van der Waals surface area (Å²) >= 11 is 3.44. The SMILES string of the molecule is CCN(C(=O)c1cc(Br)cn1C(C)C)C(C)COC. The van der Waals surface area contributed by atoms with Gasteiger partial charge in [0, 0.05) is 30.4 Å². The quantitative estimate of drug-likeness (QED) is 0.801. The summed E-state index contributed by atoms with van der Waals surface area (Å²) < 4.78 is 8.07. The summed E-state index contributed by atoms with van der Waals surface area (Å²) in [5.74, 6) is 0.0476. The Morgan fingerprint density at radius 3 is 2.58 bits per heavy atom. The predicted octanol–water partition coefficient (Wildman–Crippen LogP) is 3.33. The topological polar surface area (TPSA) is 34.5 Å². The lowest BCUT2D eigenvalue weighted by atomic mass is 10.2. The maximum Gasteiger partial charge on any atom is 0.270 e. The molecule has 1 atom stereocenters. The molecule has 0 aliphatic carbocycles. The number of aromatic nitrogens is 1. The van der Waals surface area contributed by atoms with E-state index in [1.807, 2.05) is 35.6 Å². The molecular weight excluding hydrogens is 308 g/mol. The van der Waals surface area contributed by atoms with E-state index in [2.05, 4.69) is 29.8 Å². The molecular formula is C14H23BrN2O2. The van der Waals surface area contributed by atoms with Gasteiger partial charge in [-0.05, 0) is 49.7 Å². The molecule has 19 heavy (non-hydrogen) atoms. The summed E-state index contributed by atoms with van der Waals surface area (Å²) in [5.41, 5.74) is 0.715. The van der Waals surface area contributed by atoms with E-state index in [9.17, 15) is 4.79 Å². The van der Waals surface area contributed by atoms with Gasteiger partial charge in [-0.3, -0.25) is 4.79 Å². The molecule has 1 aromatic heterocycles. The van der Waals surface area contributed by atoms with Crippen molar-refractivity contribution in [1.82, 2.24) is 9.47 Å². The lowest BCUT2D eigenvalue weighted by Gasteiger charge is -2.28. The number of hydrogen-bond donors (Lipinski definition) is 0. The molecule has 0 spiro atoms. The number of methoxy groups -OCH3 is 1. The number of likely N-dealkylation sites (N-methyl/N-ethyl adjacent to an activating group) is 1. The van der Waals surface area contributed by atoms with Crippen molar-refractivity contribution in [3.8, 4) is 0 Å². The standard InChI is InChI=1S/C14H23BrN2O2/c1-6-16(11(4)9-19-5)14(18)13-7-12(15)8-17(13)10(2)3/h7-8,10-11H,6,9H2,1-5H3. The molecule has 4 nitrogen and oxygen atoms in total. The lowest BCUT2D eigenvalue weighted by Crippen LogP contribution is -2.41. The fourth-order valence-electron chi connectivity index (χ4n) is 2.18. The van der Waals surface area contributed by atoms with Crippen LogP contribution in [0, 0.1) is 0 Å². The molecule has 108 valence electrons. The zero-order valence-corrected chi connectivity index (χ0v) is 13.9. The first-order valence-corrected chi connectivity index (χ1v) is 7.38. The van der Waals surface area contributed by atoms with Crippen LogP contribution >= 0.6 is 15.9 Å². The minimum atomic E-state index is 0.0476. The monoisotopic (exact) mass is 330 g/mol. The van der Waals surface area contributed by atoms with Gasteiger partial charge in [-0.2, -0.15) is 0 Å². The Kier molecular flexibility index (Phi) is 6.07. The zero-order chi connectivity index (χ0) is 14.6. The molecule has 1 amide bonds. The minimum absolute atomic E-state index is 0.0476. The van der Waals surface area contributed by atoms with Crippen molar-refractivity contribution in [3.05, 3.63) is 22.4 Å². The second-order valence-electron chi connectivity index (χ2n) is 4.94. The average Bonchev–Trinajstić information content (AvgIpc) is 2.72. The van der Waals surface area contributed by atoms with Gasteiger partial charge in [0.2, 0.25) is 0 Å². The number of hydrogen-bond acceptors (Lipinski definition) is 2. The second-order valence-corrected chi connectivity index (χ2v) is 5.86. The first-order chi connectivity index (χ1) is 8.92. The van der Waals surface area contributed by atoms with E-state index in [0.717, 1.165) is 4.47 Å². The van der Waals surface area contributed by atoms with Crippen LogP contribution in [0.5, 0.6) is 0 Å². The second kappa shape index (κ2) is 7.10. The van der Waals surface area contributed by atoms with Gasteiger partial charge in [0.25, 0.3) is 5.91 Å². The number of carbonyl (C=O) groups is 1. The van der Waals surface area contributed by atoms with Crippen molar-refractivity contribution < 1.29 is 9.53 Å². The number of nitrogens with zero attached hydrogens (tertiary/aromatic N) is 2. The summed E-state index contributed by atoms with van der Waals surface area (Å²) in [7, 11) is 1.65. The molecule has 0 saturated carbocycles. The van der Waals surface area contributed by atoms with Crippen molar-refractivity contribution in [3.63, 3.8) is 0 Å². The van der Waals surface area contributed by atoms with Crippen LogP contribution in [0.3, 0.4) is 0 Å². The van der Waals surface area contributed by atoms with E-state index in [-0.39, 0.29) is 18.0 Å². The van der Waals surface area contributed by atoms with Crippen molar-refractivity contribution in [2.45, 2.75) is 39.8 Å². The molecule has 1 aromatic rings. The average molecular weight is 331 g/mol. The largest absolute Gasteiger partial charge is 0.383 e. The zero-order valence-electron chi connectivity index (χ0n) is 12.3. The highest BCUT2D eigenvalue weighted by atomic mass is 79.9. The number of carbonyl (C=O) groups excluding carboxylic acids is 1. The van der Waals surface area contributed by atoms with E-state index in [4.69, 9.17) is 4.74 Å². The highest BCUT2D eigenvalue weighted by Crippen LogP contribution is 2.21. The van der Waals surface area contributed by atoms with Crippen LogP contribution in [-0.4, -0.2) is 41.7 Å². The Balaban J connectivity index is 3.03. The summed E-state index contributed by atoms with van der Waals surface area (Å²) in [6.45, 7) is 9.34. The van der Waals surface area contributed by atoms with E-state index in [1.54, 1.807) is 7.11 Å². The summed E-state index contributed by atoms with van der Waals surface area (Å²) in [5, 5.41) is 0. The Morgan fingerprint density at radius 2 is 2.11 bits per heavy atom. The molecule has 0 bridgehead atoms. The maximum absolute atomic E-state index is 12.7. The fraction of sp³-hybridized carbons (Fsp3) is 0.643. The highest BCUT2D eigenvalue weighted by molar-refractivity contribution is 9.10. The van der Waals surface area contributed by atoms with Crippen LogP contribution < -0.4 is 0 Å². The third kappa shape index (κ3) is 3.83. The summed E-state index contributed by atoms with van der Waals surface area (Å²) in [6, 6.07) is 2.20. The van der Waals surface area contributed by atoms with E-state index < -0.39 is 0 Å². The molecule has 0 radical (unpaired) electrons. The Hall–Kier alpha value is -0.810. The predicted molar refractivity (Wildman–Crippen MR) is 80.6 cm³/mol. The summed E-state index contributed by atoms with van der Waals surface area (Å²) in [6.07, 6.45) is 1.95. The van der Waals surface area contributed by atoms with Crippen LogP contribution in [0.4, 0.5) is 0 Å². The molecule has 5 heteroatoms. The highest BCUT2D eigenvalue weighted by Gasteiger charge is 2.23. The van der Waals surface area contributed by atoms with Crippen LogP contribution in [-0.2, 0) is 4.74 Å². The van der Waals surface area contributed by atoms with E-state index >= 15 is 0 Å². The molecule has 1 rings (SSSR count). The van der Waals surface area contributed by atoms with Crippen molar-refractivity contribution in [2.75, 3.05) is 20.3 Å². The molecule has 1 heterocycles. The summed E-state index contributed by atoms with van der Waals surface area (Å²) in [4.78, 5) is 14.5. The Morgan fingerprint density at radius 1 is 1.47 bits per heavy atom. The van der Waals surface area contributed by atoms with E-state index in [1.165, 1.54) is 0 Å². The van der Waals surface area contributed by atoms with Gasteiger partial charge in [0.1, 0.15) is 5.69 Å². The number of ether oxygens (including phenoxy) is 1. The molecule has 0 aliphatic heterocycles. The van der Waals surface area contributed by atoms with Crippen LogP contribution in [0.1, 0.15) is 44.2 Å². The van der Waals surface area contributed by atoms with Gasteiger partial charge < -0.3 is 14.2 Å². The van der Waals surface area contributed by atoms with Crippen LogP contribution in [0.2, 0.25) is 0 Å². The van der Waals surface area contributed by atoms with Gasteiger partial charge in [0.05, 0.1) is 12.6 Å². The molecule has 1 unspecified atom stereocenters. The third-order valence-corrected chi connectivity index (χ3v) is 3.57. The molecule has 0 N–H and O–H groups in total. The first-order valence-electron chi connectivity index (χ1n) is 6.59. The number of halogens is 1. The van der Waals surface area contributed by atoms with Gasteiger partial charge in [-0.15, -0.1) is 0 Å². The van der Waals surface area contributed by atoms with Crippen molar-refractivity contribution in [1.29, 1.82) is 0 Å². The van der Waals surface area contributed by atoms with Crippen LogP contribution in [0.15, 0.2) is 16.7 Å². The number of rotatable bonds is 6. The maximum atomic E-state index is 12.7. The smallest absolute Gasteiger partial charge is 0.270 e. The lowest BCUT2D eigenvalue weighted by molar-refractivity contribution is 0.0567. The van der Waals surface area contributed by atoms with Crippen LogP contribution in [0.25, 0.3) is 0 Å². The number of amides is 1. The van der Waals surface area contributed by atoms with Crippen molar-refractivity contribution >= 4 is 21.8 Å². The Labute approximate surface area is 123 Å². The van der Waals surface area contributed by atoms with Gasteiger partial charge in [0.15, 0.2) is 0 Å². The van der Waals surface area contributed by atoms with E-state index in [0.29, 0.717) is 18.8 Å². The molecule has 0 saturated heterocycles. The van der Waals surface area contributed by atoms with Gasteiger partial charge >= 0.3 is 0 Å². The van der Waals surface area contributed by atoms with Gasteiger partial charge in [-0.25, -0.2) is 0 Å². The molecule has 0 fully saturated rings. The Bertz CT molecular complexity index is 429. The normalized spacial score (nSPS) is 12.8. The molecule has 0 aliphatic rings. The first kappa shape index (κ1) is 16.2. The minimum Gasteiger partial charge on any atom is -0.383 e. The fourth-order valence-corrected chi connectivity index (χ4v) is 2.62. The molecule has 0 aromatic carbocycles.